The van der Waals surface area contributed by atoms with E-state index in [-0.39, 0.29) is 5.91 Å². The minimum atomic E-state index is -0.0793. The summed E-state index contributed by atoms with van der Waals surface area (Å²) in [5.41, 5.74) is 1.74. The van der Waals surface area contributed by atoms with Crippen molar-refractivity contribution in [2.75, 3.05) is 27.2 Å². The van der Waals surface area contributed by atoms with Crippen LogP contribution in [0.3, 0.4) is 0 Å². The molecule has 4 nitrogen and oxygen atoms in total. The maximum Gasteiger partial charge on any atom is 0.270 e. The Bertz CT molecular complexity index is 566. The van der Waals surface area contributed by atoms with Gasteiger partial charge in [-0.1, -0.05) is 30.3 Å². The summed E-state index contributed by atoms with van der Waals surface area (Å²) in [4.78, 5) is 18.5. The second kappa shape index (κ2) is 7.90. The first-order chi connectivity index (χ1) is 10.1. The van der Waals surface area contributed by atoms with E-state index in [0.29, 0.717) is 12.2 Å². The summed E-state index contributed by atoms with van der Waals surface area (Å²) in [6.07, 6.45) is 1.72. The molecule has 0 radical (unpaired) electrons. The Morgan fingerprint density at radius 1 is 1.29 bits per heavy atom. The third-order valence-electron chi connectivity index (χ3n) is 3.05. The zero-order valence-corrected chi connectivity index (χ0v) is 13.3. The Morgan fingerprint density at radius 2 is 2.05 bits per heavy atom. The lowest BCUT2D eigenvalue weighted by Gasteiger charge is -2.09. The van der Waals surface area contributed by atoms with Crippen LogP contribution in [0.1, 0.15) is 27.5 Å². The van der Waals surface area contributed by atoms with Gasteiger partial charge in [0.25, 0.3) is 5.91 Å². The molecule has 0 saturated heterocycles. The molecule has 1 N–H and O–H groups in total. The zero-order chi connectivity index (χ0) is 15.1. The molecule has 2 rings (SSSR count). The number of nitrogens with zero attached hydrogens (tertiary/aromatic N) is 2. The van der Waals surface area contributed by atoms with Crippen LogP contribution in [0.4, 0.5) is 0 Å². The molecule has 21 heavy (non-hydrogen) atoms. The molecule has 0 atom stereocenters. The Labute approximate surface area is 129 Å². The lowest BCUT2D eigenvalue weighted by atomic mass is 10.2. The molecule has 2 aromatic rings. The van der Waals surface area contributed by atoms with Crippen molar-refractivity contribution in [1.29, 1.82) is 0 Å². The molecule has 0 bridgehead atoms. The molecule has 1 heterocycles. The van der Waals surface area contributed by atoms with E-state index in [4.69, 9.17) is 0 Å². The maximum atomic E-state index is 12.0. The number of carbonyl (C=O) groups is 1. The van der Waals surface area contributed by atoms with Crippen LogP contribution in [0.25, 0.3) is 0 Å². The first kappa shape index (κ1) is 15.7. The first-order valence-electron chi connectivity index (χ1n) is 7.06. The molecule has 0 fully saturated rings. The fourth-order valence-electron chi connectivity index (χ4n) is 1.95. The standard InChI is InChI=1S/C16H21N3OS/c1-19(2)10-6-9-17-16(20)14-12-21-15(18-14)11-13-7-4-3-5-8-13/h3-5,7-8,12H,6,9-11H2,1-2H3,(H,17,20). The number of amides is 1. The highest BCUT2D eigenvalue weighted by molar-refractivity contribution is 7.09. The molecule has 0 aliphatic heterocycles. The average Bonchev–Trinajstić information content (AvgIpc) is 2.93. The minimum absolute atomic E-state index is 0.0793. The molecule has 1 aromatic carbocycles. The SMILES string of the molecule is CN(C)CCCNC(=O)c1csc(Cc2ccccc2)n1. The number of hydrogen-bond donors (Lipinski definition) is 1. The van der Waals surface area contributed by atoms with E-state index >= 15 is 0 Å². The highest BCUT2D eigenvalue weighted by Crippen LogP contribution is 2.14. The van der Waals surface area contributed by atoms with Crippen LogP contribution in [-0.4, -0.2) is 43.0 Å². The van der Waals surface area contributed by atoms with E-state index in [0.717, 1.165) is 24.4 Å². The topological polar surface area (TPSA) is 45.2 Å². The van der Waals surface area contributed by atoms with Gasteiger partial charge in [0.2, 0.25) is 0 Å². The molecule has 0 aliphatic rings. The smallest absolute Gasteiger partial charge is 0.270 e. The molecular weight excluding hydrogens is 282 g/mol. The molecule has 0 spiro atoms. The number of benzene rings is 1. The van der Waals surface area contributed by atoms with Gasteiger partial charge in [-0.15, -0.1) is 11.3 Å². The van der Waals surface area contributed by atoms with Crippen molar-refractivity contribution in [2.24, 2.45) is 0 Å². The number of hydrogen-bond acceptors (Lipinski definition) is 4. The van der Waals surface area contributed by atoms with Crippen LogP contribution in [0, 0.1) is 0 Å². The van der Waals surface area contributed by atoms with Gasteiger partial charge in [0.05, 0.1) is 5.01 Å². The van der Waals surface area contributed by atoms with Crippen LogP contribution in [0.5, 0.6) is 0 Å². The maximum absolute atomic E-state index is 12.0. The summed E-state index contributed by atoms with van der Waals surface area (Å²) in [6.45, 7) is 1.65. The highest BCUT2D eigenvalue weighted by atomic mass is 32.1. The van der Waals surface area contributed by atoms with Gasteiger partial charge in [0.15, 0.2) is 0 Å². The van der Waals surface area contributed by atoms with Crippen molar-refractivity contribution in [3.8, 4) is 0 Å². The van der Waals surface area contributed by atoms with Gasteiger partial charge >= 0.3 is 0 Å². The van der Waals surface area contributed by atoms with Gasteiger partial charge in [0, 0.05) is 18.3 Å². The monoisotopic (exact) mass is 303 g/mol. The van der Waals surface area contributed by atoms with Crippen molar-refractivity contribution in [3.63, 3.8) is 0 Å². The second-order valence-electron chi connectivity index (χ2n) is 5.20. The lowest BCUT2D eigenvalue weighted by Crippen LogP contribution is -2.27. The van der Waals surface area contributed by atoms with Crippen LogP contribution in [0.2, 0.25) is 0 Å². The molecule has 0 aliphatic carbocycles. The fraction of sp³-hybridized carbons (Fsp3) is 0.375. The molecule has 5 heteroatoms. The first-order valence-corrected chi connectivity index (χ1v) is 7.94. The summed E-state index contributed by atoms with van der Waals surface area (Å²) in [5, 5.41) is 5.71. The van der Waals surface area contributed by atoms with Gasteiger partial charge in [-0.05, 0) is 32.6 Å². The number of thiazole rings is 1. The number of nitrogens with one attached hydrogen (secondary N) is 1. The van der Waals surface area contributed by atoms with Crippen molar-refractivity contribution in [1.82, 2.24) is 15.2 Å². The molecule has 1 amide bonds. The quantitative estimate of drug-likeness (QED) is 0.799. The van der Waals surface area contributed by atoms with Crippen LogP contribution < -0.4 is 5.32 Å². The zero-order valence-electron chi connectivity index (χ0n) is 12.5. The van der Waals surface area contributed by atoms with E-state index in [1.54, 1.807) is 0 Å². The van der Waals surface area contributed by atoms with Crippen molar-refractivity contribution in [3.05, 3.63) is 52.0 Å². The predicted octanol–water partition coefficient (Wildman–Crippen LogP) is 2.42. The third kappa shape index (κ3) is 5.28. The van der Waals surface area contributed by atoms with Crippen molar-refractivity contribution >= 4 is 17.2 Å². The van der Waals surface area contributed by atoms with E-state index < -0.39 is 0 Å². The summed E-state index contributed by atoms with van der Waals surface area (Å²) < 4.78 is 0. The Balaban J connectivity index is 1.83. The second-order valence-corrected chi connectivity index (χ2v) is 6.14. The van der Waals surface area contributed by atoms with Gasteiger partial charge in [-0.2, -0.15) is 0 Å². The van der Waals surface area contributed by atoms with Crippen LogP contribution in [0.15, 0.2) is 35.7 Å². The summed E-state index contributed by atoms with van der Waals surface area (Å²) in [5.74, 6) is -0.0793. The van der Waals surface area contributed by atoms with Crippen molar-refractivity contribution in [2.45, 2.75) is 12.8 Å². The van der Waals surface area contributed by atoms with Gasteiger partial charge in [0.1, 0.15) is 5.69 Å². The molecule has 112 valence electrons. The van der Waals surface area contributed by atoms with Crippen LogP contribution >= 0.6 is 11.3 Å². The summed E-state index contributed by atoms with van der Waals surface area (Å²) in [6, 6.07) is 10.2. The van der Waals surface area contributed by atoms with Gasteiger partial charge in [-0.25, -0.2) is 4.98 Å². The average molecular weight is 303 g/mol. The van der Waals surface area contributed by atoms with Gasteiger partial charge in [-0.3, -0.25) is 4.79 Å². The molecule has 0 unspecified atom stereocenters. The number of rotatable bonds is 7. The molecular formula is C16H21N3OS. The molecule has 0 saturated carbocycles. The Morgan fingerprint density at radius 3 is 2.76 bits per heavy atom. The fourth-order valence-corrected chi connectivity index (χ4v) is 2.76. The Kier molecular flexibility index (Phi) is 5.90. The minimum Gasteiger partial charge on any atom is -0.351 e. The number of aromatic nitrogens is 1. The van der Waals surface area contributed by atoms with Crippen molar-refractivity contribution < 1.29 is 4.79 Å². The largest absolute Gasteiger partial charge is 0.351 e. The lowest BCUT2D eigenvalue weighted by molar-refractivity contribution is 0.0948. The third-order valence-corrected chi connectivity index (χ3v) is 3.90. The van der Waals surface area contributed by atoms with E-state index in [1.807, 2.05) is 37.7 Å². The predicted molar refractivity (Wildman–Crippen MR) is 86.9 cm³/mol. The Hall–Kier alpha value is -1.72. The van der Waals surface area contributed by atoms with E-state index in [1.165, 1.54) is 16.9 Å². The van der Waals surface area contributed by atoms with E-state index in [2.05, 4.69) is 27.3 Å². The summed E-state index contributed by atoms with van der Waals surface area (Å²) >= 11 is 1.54. The van der Waals surface area contributed by atoms with E-state index in [9.17, 15) is 4.79 Å². The summed E-state index contributed by atoms with van der Waals surface area (Å²) in [7, 11) is 4.05. The number of carbonyl (C=O) groups excluding carboxylic acids is 1. The molecule has 1 aromatic heterocycles. The highest BCUT2D eigenvalue weighted by Gasteiger charge is 2.10. The normalized spacial score (nSPS) is 10.8. The van der Waals surface area contributed by atoms with Gasteiger partial charge < -0.3 is 10.2 Å². The van der Waals surface area contributed by atoms with Crippen LogP contribution in [-0.2, 0) is 6.42 Å².